The summed E-state index contributed by atoms with van der Waals surface area (Å²) < 4.78 is 5.61. The molecule has 0 aliphatic carbocycles. The van der Waals surface area contributed by atoms with E-state index in [-0.39, 0.29) is 0 Å². The van der Waals surface area contributed by atoms with Crippen molar-refractivity contribution in [2.24, 2.45) is 0 Å². The fourth-order valence-corrected chi connectivity index (χ4v) is 1.73. The zero-order valence-corrected chi connectivity index (χ0v) is 12.0. The highest BCUT2D eigenvalue weighted by Crippen LogP contribution is 2.19. The SMILES string of the molecule is CCC(C)c1ccc(COCCC(C)S)cc1. The van der Waals surface area contributed by atoms with Crippen LogP contribution in [0.15, 0.2) is 24.3 Å². The van der Waals surface area contributed by atoms with Crippen molar-refractivity contribution < 1.29 is 4.74 Å². The van der Waals surface area contributed by atoms with Crippen molar-refractivity contribution >= 4 is 12.6 Å². The smallest absolute Gasteiger partial charge is 0.0716 e. The number of thiol groups is 1. The van der Waals surface area contributed by atoms with Crippen LogP contribution in [0.2, 0.25) is 0 Å². The molecule has 0 heterocycles. The van der Waals surface area contributed by atoms with Crippen molar-refractivity contribution in [1.29, 1.82) is 0 Å². The third-order valence-corrected chi connectivity index (χ3v) is 3.37. The van der Waals surface area contributed by atoms with Crippen LogP contribution in [0.4, 0.5) is 0 Å². The molecule has 0 saturated carbocycles. The predicted molar refractivity (Wildman–Crippen MR) is 77.9 cm³/mol. The first kappa shape index (κ1) is 14.6. The summed E-state index contributed by atoms with van der Waals surface area (Å²) in [4.78, 5) is 0. The summed E-state index contributed by atoms with van der Waals surface area (Å²) in [5, 5.41) is 0.419. The predicted octanol–water partition coefficient (Wildman–Crippen LogP) is 4.43. The van der Waals surface area contributed by atoms with Crippen LogP contribution in [0.3, 0.4) is 0 Å². The highest BCUT2D eigenvalue weighted by Gasteiger charge is 2.02. The molecule has 0 radical (unpaired) electrons. The van der Waals surface area contributed by atoms with Crippen molar-refractivity contribution in [3.8, 4) is 0 Å². The molecule has 2 atom stereocenters. The lowest BCUT2D eigenvalue weighted by molar-refractivity contribution is 0.119. The number of rotatable bonds is 7. The Morgan fingerprint density at radius 1 is 1.18 bits per heavy atom. The summed E-state index contributed by atoms with van der Waals surface area (Å²) in [7, 11) is 0. The zero-order valence-electron chi connectivity index (χ0n) is 11.1. The molecule has 96 valence electrons. The van der Waals surface area contributed by atoms with Crippen LogP contribution >= 0.6 is 12.6 Å². The minimum atomic E-state index is 0.419. The van der Waals surface area contributed by atoms with Gasteiger partial charge in [-0.15, -0.1) is 0 Å². The second kappa shape index (κ2) is 7.78. The van der Waals surface area contributed by atoms with Crippen LogP contribution in [0.25, 0.3) is 0 Å². The Bertz CT molecular complexity index is 305. The van der Waals surface area contributed by atoms with Gasteiger partial charge in [0.25, 0.3) is 0 Å². The van der Waals surface area contributed by atoms with Gasteiger partial charge in [-0.3, -0.25) is 0 Å². The summed E-state index contributed by atoms with van der Waals surface area (Å²) >= 11 is 4.32. The number of hydrogen-bond donors (Lipinski definition) is 1. The van der Waals surface area contributed by atoms with E-state index in [2.05, 4.69) is 57.7 Å². The molecule has 0 spiro atoms. The Morgan fingerprint density at radius 3 is 2.35 bits per heavy atom. The molecule has 1 aromatic rings. The second-order valence-corrected chi connectivity index (χ2v) is 5.62. The highest BCUT2D eigenvalue weighted by atomic mass is 32.1. The fraction of sp³-hybridized carbons (Fsp3) is 0.600. The van der Waals surface area contributed by atoms with Gasteiger partial charge in [0.05, 0.1) is 6.61 Å². The molecule has 17 heavy (non-hydrogen) atoms. The molecule has 0 saturated heterocycles. The van der Waals surface area contributed by atoms with Crippen molar-refractivity contribution in [2.75, 3.05) is 6.61 Å². The van der Waals surface area contributed by atoms with Gasteiger partial charge < -0.3 is 4.74 Å². The lowest BCUT2D eigenvalue weighted by Gasteiger charge is -2.10. The minimum Gasteiger partial charge on any atom is -0.377 e. The maximum atomic E-state index is 5.61. The molecule has 2 heteroatoms. The third kappa shape index (κ3) is 5.60. The van der Waals surface area contributed by atoms with Crippen LogP contribution in [0.5, 0.6) is 0 Å². The van der Waals surface area contributed by atoms with E-state index < -0.39 is 0 Å². The van der Waals surface area contributed by atoms with E-state index in [9.17, 15) is 0 Å². The lowest BCUT2D eigenvalue weighted by Crippen LogP contribution is -2.01. The van der Waals surface area contributed by atoms with E-state index in [1.165, 1.54) is 17.5 Å². The van der Waals surface area contributed by atoms with Crippen molar-refractivity contribution in [1.82, 2.24) is 0 Å². The summed E-state index contributed by atoms with van der Waals surface area (Å²) in [6, 6.07) is 8.78. The Hall–Kier alpha value is -0.470. The Balaban J connectivity index is 2.35. The van der Waals surface area contributed by atoms with Gasteiger partial charge in [-0.2, -0.15) is 12.6 Å². The molecule has 0 bridgehead atoms. The van der Waals surface area contributed by atoms with Gasteiger partial charge in [0.15, 0.2) is 0 Å². The second-order valence-electron chi connectivity index (χ2n) is 4.74. The molecule has 0 aliphatic rings. The summed E-state index contributed by atoms with van der Waals surface area (Å²) in [6.45, 7) is 8.08. The molecular weight excluding hydrogens is 228 g/mol. The van der Waals surface area contributed by atoms with Gasteiger partial charge in [-0.05, 0) is 29.9 Å². The van der Waals surface area contributed by atoms with Crippen molar-refractivity contribution in [3.05, 3.63) is 35.4 Å². The molecule has 0 aliphatic heterocycles. The quantitative estimate of drug-likeness (QED) is 0.558. The van der Waals surface area contributed by atoms with E-state index >= 15 is 0 Å². The molecule has 1 aromatic carbocycles. The van der Waals surface area contributed by atoms with Crippen molar-refractivity contribution in [2.45, 2.75) is 51.4 Å². The number of hydrogen-bond acceptors (Lipinski definition) is 2. The lowest BCUT2D eigenvalue weighted by atomic mass is 9.98. The van der Waals surface area contributed by atoms with Crippen LogP contribution in [0, 0.1) is 0 Å². The monoisotopic (exact) mass is 252 g/mol. The van der Waals surface area contributed by atoms with Gasteiger partial charge in [0.1, 0.15) is 0 Å². The summed E-state index contributed by atoms with van der Waals surface area (Å²) in [5.74, 6) is 0.648. The number of ether oxygens (including phenoxy) is 1. The Kier molecular flexibility index (Phi) is 6.68. The normalized spacial score (nSPS) is 14.6. The largest absolute Gasteiger partial charge is 0.377 e. The Morgan fingerprint density at radius 2 is 1.82 bits per heavy atom. The summed E-state index contributed by atoms with van der Waals surface area (Å²) in [6.07, 6.45) is 2.20. The van der Waals surface area contributed by atoms with Gasteiger partial charge in [-0.1, -0.05) is 45.0 Å². The Labute approximate surface area is 111 Å². The van der Waals surface area contributed by atoms with E-state index in [0.29, 0.717) is 17.8 Å². The average Bonchev–Trinajstić information content (AvgIpc) is 2.34. The molecule has 0 N–H and O–H groups in total. The summed E-state index contributed by atoms with van der Waals surface area (Å²) in [5.41, 5.74) is 2.67. The van der Waals surface area contributed by atoms with Gasteiger partial charge >= 0.3 is 0 Å². The molecular formula is C15H24OS. The van der Waals surface area contributed by atoms with E-state index in [0.717, 1.165) is 13.0 Å². The van der Waals surface area contributed by atoms with Crippen LogP contribution < -0.4 is 0 Å². The van der Waals surface area contributed by atoms with Crippen LogP contribution in [0.1, 0.15) is 50.7 Å². The van der Waals surface area contributed by atoms with Gasteiger partial charge in [0, 0.05) is 11.9 Å². The molecule has 0 aromatic heterocycles. The maximum absolute atomic E-state index is 5.61. The molecule has 1 nitrogen and oxygen atoms in total. The molecule has 0 amide bonds. The number of benzene rings is 1. The first-order valence-corrected chi connectivity index (χ1v) is 6.99. The van der Waals surface area contributed by atoms with E-state index in [1.54, 1.807) is 0 Å². The molecule has 0 fully saturated rings. The highest BCUT2D eigenvalue weighted by molar-refractivity contribution is 7.80. The third-order valence-electron chi connectivity index (χ3n) is 3.11. The first-order chi connectivity index (χ1) is 8.13. The minimum absolute atomic E-state index is 0.419. The molecule has 1 rings (SSSR count). The topological polar surface area (TPSA) is 9.23 Å². The maximum Gasteiger partial charge on any atom is 0.0716 e. The van der Waals surface area contributed by atoms with E-state index in [4.69, 9.17) is 4.74 Å². The fourth-order valence-electron chi connectivity index (χ4n) is 1.62. The molecule has 2 unspecified atom stereocenters. The average molecular weight is 252 g/mol. The van der Waals surface area contributed by atoms with Crippen LogP contribution in [-0.4, -0.2) is 11.9 Å². The first-order valence-electron chi connectivity index (χ1n) is 6.48. The van der Waals surface area contributed by atoms with Crippen LogP contribution in [-0.2, 0) is 11.3 Å². The van der Waals surface area contributed by atoms with Gasteiger partial charge in [0.2, 0.25) is 0 Å². The zero-order chi connectivity index (χ0) is 12.7. The van der Waals surface area contributed by atoms with Crippen molar-refractivity contribution in [3.63, 3.8) is 0 Å². The standard InChI is InChI=1S/C15H24OS/c1-4-12(2)15-7-5-14(6-8-15)11-16-10-9-13(3)17/h5-8,12-13,17H,4,9-11H2,1-3H3. The van der Waals surface area contributed by atoms with Gasteiger partial charge in [-0.25, -0.2) is 0 Å². The van der Waals surface area contributed by atoms with E-state index in [1.807, 2.05) is 0 Å².